The van der Waals surface area contributed by atoms with Gasteiger partial charge in [-0.2, -0.15) is 0 Å². The Labute approximate surface area is 140 Å². The molecule has 0 saturated heterocycles. The van der Waals surface area contributed by atoms with Crippen LogP contribution in [0, 0.1) is 11.8 Å². The molecule has 5 heteroatoms. The minimum absolute atomic E-state index is 0.0941. The van der Waals surface area contributed by atoms with E-state index in [4.69, 9.17) is 4.74 Å². The molecule has 2 aromatic carbocycles. The van der Waals surface area contributed by atoms with Gasteiger partial charge in [0, 0.05) is 5.39 Å². The van der Waals surface area contributed by atoms with Crippen LogP contribution < -0.4 is 4.74 Å². The van der Waals surface area contributed by atoms with Gasteiger partial charge in [0.25, 0.3) is 0 Å². The van der Waals surface area contributed by atoms with Crippen LogP contribution in [0.2, 0.25) is 0 Å². The molecule has 1 heterocycles. The zero-order valence-electron chi connectivity index (χ0n) is 13.8. The summed E-state index contributed by atoms with van der Waals surface area (Å²) in [5.74, 6) is 0.727. The van der Waals surface area contributed by atoms with Crippen molar-refractivity contribution in [2.75, 3.05) is 6.61 Å². The van der Waals surface area contributed by atoms with Crippen molar-refractivity contribution in [3.05, 3.63) is 58.5 Å². The van der Waals surface area contributed by atoms with E-state index in [1.165, 1.54) is 0 Å². The topological polar surface area (TPSA) is 63.8 Å². The van der Waals surface area contributed by atoms with Crippen molar-refractivity contribution in [1.29, 1.82) is 0 Å². The molecule has 124 valence electrons. The summed E-state index contributed by atoms with van der Waals surface area (Å²) >= 11 is 0. The fourth-order valence-corrected chi connectivity index (χ4v) is 2.78. The molecule has 24 heavy (non-hydrogen) atoms. The van der Waals surface area contributed by atoms with Crippen LogP contribution in [0.1, 0.15) is 24.5 Å². The van der Waals surface area contributed by atoms with Crippen molar-refractivity contribution in [2.45, 2.75) is 26.8 Å². The van der Waals surface area contributed by atoms with Crippen molar-refractivity contribution >= 4 is 16.6 Å². The van der Waals surface area contributed by atoms with Gasteiger partial charge in [0.1, 0.15) is 5.75 Å². The summed E-state index contributed by atoms with van der Waals surface area (Å²) < 4.78 is 7.28. The highest BCUT2D eigenvalue weighted by Crippen LogP contribution is 2.39. The van der Waals surface area contributed by atoms with Gasteiger partial charge in [-0.25, -0.2) is 0 Å². The highest BCUT2D eigenvalue weighted by atomic mass is 16.5. The molecule has 0 spiro atoms. The summed E-state index contributed by atoms with van der Waals surface area (Å²) in [7, 11) is 0. The Morgan fingerprint density at radius 2 is 1.92 bits per heavy atom. The van der Waals surface area contributed by atoms with Gasteiger partial charge < -0.3 is 14.4 Å². The molecule has 0 aliphatic rings. The number of aryl methyl sites for hydroxylation is 1. The average molecular weight is 324 g/mol. The van der Waals surface area contributed by atoms with Crippen molar-refractivity contribution in [3.8, 4) is 11.6 Å². The van der Waals surface area contributed by atoms with Crippen molar-refractivity contribution in [1.82, 2.24) is 4.57 Å². The first-order valence-corrected chi connectivity index (χ1v) is 8.01. The number of nitroso groups, excluding NO2 is 1. The number of rotatable bonds is 6. The van der Waals surface area contributed by atoms with Gasteiger partial charge in [-0.15, -0.1) is 4.91 Å². The summed E-state index contributed by atoms with van der Waals surface area (Å²) in [6.45, 7) is 5.15. The van der Waals surface area contributed by atoms with Crippen LogP contribution in [0.4, 0.5) is 5.69 Å². The predicted molar refractivity (Wildman–Crippen MR) is 95.1 cm³/mol. The van der Waals surface area contributed by atoms with Crippen molar-refractivity contribution < 1.29 is 9.84 Å². The molecule has 0 saturated carbocycles. The Hall–Kier alpha value is -2.82. The predicted octanol–water partition coefficient (Wildman–Crippen LogP) is 4.89. The largest absolute Gasteiger partial charge is 0.494 e. The molecule has 1 aromatic heterocycles. The first kappa shape index (κ1) is 16.1. The van der Waals surface area contributed by atoms with Crippen LogP contribution in [0.3, 0.4) is 0 Å². The highest BCUT2D eigenvalue weighted by Gasteiger charge is 2.17. The van der Waals surface area contributed by atoms with Crippen LogP contribution in [0.25, 0.3) is 10.9 Å². The van der Waals surface area contributed by atoms with Crippen LogP contribution in [0.15, 0.2) is 47.6 Å². The number of ether oxygens (including phenoxy) is 1. The fourth-order valence-electron chi connectivity index (χ4n) is 2.78. The minimum Gasteiger partial charge on any atom is -0.494 e. The Morgan fingerprint density at radius 1 is 1.17 bits per heavy atom. The number of hydrogen-bond acceptors (Lipinski definition) is 4. The number of nitrogens with zero attached hydrogens (tertiary/aromatic N) is 2. The van der Waals surface area contributed by atoms with E-state index in [1.54, 1.807) is 4.57 Å². The van der Waals surface area contributed by atoms with E-state index in [9.17, 15) is 10.0 Å². The Balaban J connectivity index is 1.95. The third-order valence-electron chi connectivity index (χ3n) is 3.99. The molecule has 0 unspecified atom stereocenters. The summed E-state index contributed by atoms with van der Waals surface area (Å²) in [4.78, 5) is 11.1. The molecule has 0 aliphatic carbocycles. The van der Waals surface area contributed by atoms with E-state index >= 15 is 0 Å². The lowest BCUT2D eigenvalue weighted by Gasteiger charge is -2.09. The first-order valence-electron chi connectivity index (χ1n) is 8.01. The second-order valence-corrected chi connectivity index (χ2v) is 5.86. The van der Waals surface area contributed by atoms with Crippen molar-refractivity contribution in [2.24, 2.45) is 5.18 Å². The molecule has 0 atom stereocenters. The maximum atomic E-state index is 11.1. The third-order valence-corrected chi connectivity index (χ3v) is 3.99. The summed E-state index contributed by atoms with van der Waals surface area (Å²) in [5.41, 5.74) is 2.90. The maximum Gasteiger partial charge on any atom is 0.222 e. The van der Waals surface area contributed by atoms with Gasteiger partial charge in [-0.05, 0) is 48.4 Å². The third kappa shape index (κ3) is 2.97. The average Bonchev–Trinajstić information content (AvgIpc) is 2.85. The van der Waals surface area contributed by atoms with E-state index < -0.39 is 0 Å². The molecule has 1 N–H and O–H groups in total. The molecular formula is C19H20N2O3. The Bertz CT molecular complexity index is 866. The minimum atomic E-state index is -0.100. The molecule has 5 nitrogen and oxygen atoms in total. The maximum absolute atomic E-state index is 11.1. The summed E-state index contributed by atoms with van der Waals surface area (Å²) in [6, 6.07) is 13.5. The molecular weight excluding hydrogens is 304 g/mol. The fraction of sp³-hybridized carbons (Fsp3) is 0.263. The van der Waals surface area contributed by atoms with E-state index in [1.807, 2.05) is 49.4 Å². The molecule has 0 aliphatic heterocycles. The van der Waals surface area contributed by atoms with Crippen molar-refractivity contribution in [3.63, 3.8) is 0 Å². The van der Waals surface area contributed by atoms with Crippen LogP contribution >= 0.6 is 0 Å². The standard InChI is InChI=1S/C19H20N2O3/c1-3-10-24-15-7-5-14(6-8-15)12-21-17-9-4-13(2)11-16(17)18(20-23)19(21)22/h4-9,11,22H,3,10,12H2,1-2H3. The first-order chi connectivity index (χ1) is 11.6. The molecule has 0 fully saturated rings. The number of fused-ring (bicyclic) bond motifs is 1. The number of aromatic nitrogens is 1. The Morgan fingerprint density at radius 3 is 2.58 bits per heavy atom. The molecule has 0 radical (unpaired) electrons. The lowest BCUT2D eigenvalue weighted by atomic mass is 10.1. The van der Waals surface area contributed by atoms with E-state index in [0.29, 0.717) is 18.5 Å². The van der Waals surface area contributed by atoms with Gasteiger partial charge in [0.2, 0.25) is 5.88 Å². The van der Waals surface area contributed by atoms with Gasteiger partial charge in [-0.1, -0.05) is 30.7 Å². The smallest absolute Gasteiger partial charge is 0.222 e. The molecule has 3 aromatic rings. The lowest BCUT2D eigenvalue weighted by Crippen LogP contribution is -1.99. The van der Waals surface area contributed by atoms with E-state index in [2.05, 4.69) is 12.1 Å². The summed E-state index contributed by atoms with van der Waals surface area (Å²) in [6.07, 6.45) is 0.964. The normalized spacial score (nSPS) is 10.9. The van der Waals surface area contributed by atoms with Gasteiger partial charge in [-0.3, -0.25) is 0 Å². The van der Waals surface area contributed by atoms with Gasteiger partial charge in [0.15, 0.2) is 5.69 Å². The second-order valence-electron chi connectivity index (χ2n) is 5.86. The molecule has 0 amide bonds. The number of benzene rings is 2. The van der Waals surface area contributed by atoms with Gasteiger partial charge >= 0.3 is 0 Å². The highest BCUT2D eigenvalue weighted by molar-refractivity contribution is 5.95. The van der Waals surface area contributed by atoms with E-state index in [-0.39, 0.29) is 11.6 Å². The molecule has 3 rings (SSSR count). The van der Waals surface area contributed by atoms with Crippen LogP contribution in [-0.4, -0.2) is 16.3 Å². The van der Waals surface area contributed by atoms with Crippen LogP contribution in [0.5, 0.6) is 11.6 Å². The quantitative estimate of drug-likeness (QED) is 0.657. The number of hydrogen-bond donors (Lipinski definition) is 1. The second kappa shape index (κ2) is 6.74. The molecule has 0 bridgehead atoms. The zero-order chi connectivity index (χ0) is 17.1. The van der Waals surface area contributed by atoms with Gasteiger partial charge in [0.05, 0.1) is 18.7 Å². The lowest BCUT2D eigenvalue weighted by molar-refractivity contribution is 0.317. The SMILES string of the molecule is CCCOc1ccc(Cn2c(O)c(N=O)c3cc(C)ccc32)cc1. The van der Waals surface area contributed by atoms with Crippen LogP contribution in [-0.2, 0) is 6.54 Å². The van der Waals surface area contributed by atoms with E-state index in [0.717, 1.165) is 28.8 Å². The zero-order valence-corrected chi connectivity index (χ0v) is 13.8. The Kier molecular flexibility index (Phi) is 4.51. The summed E-state index contributed by atoms with van der Waals surface area (Å²) in [5, 5.41) is 14.1. The monoisotopic (exact) mass is 324 g/mol. The number of aromatic hydroxyl groups is 1.